The van der Waals surface area contributed by atoms with Crippen molar-refractivity contribution in [1.29, 1.82) is 0 Å². The Hall–Kier alpha value is -3.10. The quantitative estimate of drug-likeness (QED) is 0.337. The monoisotopic (exact) mass is 451 g/mol. The number of methoxy groups -OCH3 is 1. The molecule has 0 aliphatic carbocycles. The van der Waals surface area contributed by atoms with E-state index in [9.17, 15) is 9.59 Å². The Balaban J connectivity index is 1.70. The van der Waals surface area contributed by atoms with E-state index in [1.807, 2.05) is 54.8 Å². The number of nitrogens with one attached hydrogen (secondary N) is 1. The first kappa shape index (κ1) is 21.1. The summed E-state index contributed by atoms with van der Waals surface area (Å²) in [6.45, 7) is 2.44. The van der Waals surface area contributed by atoms with Crippen molar-refractivity contribution in [3.8, 4) is 11.4 Å². The maximum absolute atomic E-state index is 13.4. The van der Waals surface area contributed by atoms with Gasteiger partial charge in [0.2, 0.25) is 5.91 Å². The second kappa shape index (κ2) is 9.36. The molecule has 0 spiro atoms. The smallest absolute Gasteiger partial charge is 0.266 e. The van der Waals surface area contributed by atoms with Gasteiger partial charge in [-0.3, -0.25) is 14.2 Å². The van der Waals surface area contributed by atoms with E-state index in [1.54, 1.807) is 30.6 Å². The molecule has 0 unspecified atom stereocenters. The van der Waals surface area contributed by atoms with Gasteiger partial charge in [-0.25, -0.2) is 4.98 Å². The van der Waals surface area contributed by atoms with Gasteiger partial charge in [0.1, 0.15) is 5.75 Å². The lowest BCUT2D eigenvalue weighted by Crippen LogP contribution is -2.26. The molecular formula is C23H21N3O3S2. The second-order valence-corrected chi connectivity index (χ2v) is 8.85. The van der Waals surface area contributed by atoms with E-state index in [2.05, 4.69) is 5.32 Å². The van der Waals surface area contributed by atoms with Gasteiger partial charge >= 0.3 is 0 Å². The zero-order valence-corrected chi connectivity index (χ0v) is 18.8. The fourth-order valence-corrected chi connectivity index (χ4v) is 4.66. The highest BCUT2D eigenvalue weighted by atomic mass is 32.2. The van der Waals surface area contributed by atoms with Crippen LogP contribution in [0, 0.1) is 6.92 Å². The highest BCUT2D eigenvalue weighted by Crippen LogP contribution is 2.28. The molecule has 0 aliphatic heterocycles. The number of rotatable bonds is 7. The number of aryl methyl sites for hydroxylation is 1. The van der Waals surface area contributed by atoms with E-state index in [0.29, 0.717) is 34.0 Å². The summed E-state index contributed by atoms with van der Waals surface area (Å²) in [5.74, 6) is 0.585. The normalized spacial score (nSPS) is 10.9. The lowest BCUT2D eigenvalue weighted by atomic mass is 10.2. The first-order valence-corrected chi connectivity index (χ1v) is 11.5. The van der Waals surface area contributed by atoms with Crippen LogP contribution in [0.25, 0.3) is 16.6 Å². The molecular weight excluding hydrogens is 430 g/mol. The van der Waals surface area contributed by atoms with E-state index >= 15 is 0 Å². The number of para-hydroxylation sites is 1. The second-order valence-electron chi connectivity index (χ2n) is 6.87. The standard InChI is InChI=1S/C23H21N3O3S2/c1-15-9-10-20(29-2)19(12-15)26-22(28)17-7-3-4-8-18(17)25-23(26)31-14-21(27)24-13-16-6-5-11-30-16/h3-12H,13-14H2,1-2H3,(H,24,27). The van der Waals surface area contributed by atoms with Gasteiger partial charge in [0.25, 0.3) is 5.56 Å². The molecule has 2 heterocycles. The van der Waals surface area contributed by atoms with Crippen LogP contribution in [0.3, 0.4) is 0 Å². The fraction of sp³-hybridized carbons (Fsp3) is 0.174. The lowest BCUT2D eigenvalue weighted by molar-refractivity contribution is -0.118. The molecule has 4 rings (SSSR count). The predicted molar refractivity (Wildman–Crippen MR) is 126 cm³/mol. The minimum atomic E-state index is -0.198. The summed E-state index contributed by atoms with van der Waals surface area (Å²) in [6, 6.07) is 16.8. The molecule has 8 heteroatoms. The largest absolute Gasteiger partial charge is 0.495 e. The summed E-state index contributed by atoms with van der Waals surface area (Å²) in [4.78, 5) is 31.6. The van der Waals surface area contributed by atoms with Crippen LogP contribution in [0.15, 0.2) is 69.9 Å². The average molecular weight is 452 g/mol. The third-order valence-corrected chi connectivity index (χ3v) is 6.51. The fourth-order valence-electron chi connectivity index (χ4n) is 3.18. The molecule has 1 N–H and O–H groups in total. The van der Waals surface area contributed by atoms with Gasteiger partial charge in [-0.05, 0) is 48.2 Å². The van der Waals surface area contributed by atoms with Crippen LogP contribution in [-0.4, -0.2) is 28.3 Å². The summed E-state index contributed by atoms with van der Waals surface area (Å²) in [5, 5.41) is 5.84. The van der Waals surface area contributed by atoms with Crippen molar-refractivity contribution in [2.45, 2.75) is 18.6 Å². The van der Waals surface area contributed by atoms with E-state index in [-0.39, 0.29) is 17.2 Å². The Kier molecular flexibility index (Phi) is 6.39. The Morgan fingerprint density at radius 1 is 1.19 bits per heavy atom. The molecule has 2 aromatic carbocycles. The number of thiophene rings is 1. The van der Waals surface area contributed by atoms with Crippen LogP contribution >= 0.6 is 23.1 Å². The molecule has 31 heavy (non-hydrogen) atoms. The van der Waals surface area contributed by atoms with Gasteiger partial charge in [-0.2, -0.15) is 0 Å². The SMILES string of the molecule is COc1ccc(C)cc1-n1c(SCC(=O)NCc2cccs2)nc2ccccc2c1=O. The number of carbonyl (C=O) groups is 1. The summed E-state index contributed by atoms with van der Waals surface area (Å²) < 4.78 is 7.04. The molecule has 0 radical (unpaired) electrons. The molecule has 4 aromatic rings. The molecule has 1 amide bonds. The number of hydrogen-bond acceptors (Lipinski definition) is 6. The molecule has 0 saturated heterocycles. The Labute approximate surface area is 187 Å². The van der Waals surface area contributed by atoms with Gasteiger partial charge in [-0.15, -0.1) is 11.3 Å². The van der Waals surface area contributed by atoms with E-state index in [4.69, 9.17) is 9.72 Å². The third kappa shape index (κ3) is 4.65. The van der Waals surface area contributed by atoms with Crippen molar-refractivity contribution >= 4 is 39.9 Å². The molecule has 0 fully saturated rings. The summed E-state index contributed by atoms with van der Waals surface area (Å²) in [7, 11) is 1.57. The maximum atomic E-state index is 13.4. The first-order valence-electron chi connectivity index (χ1n) is 9.65. The molecule has 2 aromatic heterocycles. The lowest BCUT2D eigenvalue weighted by Gasteiger charge is -2.16. The zero-order chi connectivity index (χ0) is 21.8. The van der Waals surface area contributed by atoms with Gasteiger partial charge in [0.05, 0.1) is 36.0 Å². The van der Waals surface area contributed by atoms with Crippen molar-refractivity contribution < 1.29 is 9.53 Å². The van der Waals surface area contributed by atoms with E-state index in [0.717, 1.165) is 10.4 Å². The van der Waals surface area contributed by atoms with Crippen LogP contribution in [0.2, 0.25) is 0 Å². The number of benzene rings is 2. The highest BCUT2D eigenvalue weighted by Gasteiger charge is 2.17. The first-order chi connectivity index (χ1) is 15.1. The molecule has 6 nitrogen and oxygen atoms in total. The van der Waals surface area contributed by atoms with E-state index in [1.165, 1.54) is 16.3 Å². The molecule has 0 bridgehead atoms. The number of carbonyl (C=O) groups excluding carboxylic acids is 1. The summed E-state index contributed by atoms with van der Waals surface area (Å²) in [5.41, 5.74) is 1.99. The highest BCUT2D eigenvalue weighted by molar-refractivity contribution is 7.99. The van der Waals surface area contributed by atoms with Crippen LogP contribution in [-0.2, 0) is 11.3 Å². The summed E-state index contributed by atoms with van der Waals surface area (Å²) >= 11 is 2.82. The van der Waals surface area contributed by atoms with Crippen LogP contribution < -0.4 is 15.6 Å². The Morgan fingerprint density at radius 2 is 2.03 bits per heavy atom. The van der Waals surface area contributed by atoms with Gasteiger partial charge in [-0.1, -0.05) is 36.0 Å². The van der Waals surface area contributed by atoms with Gasteiger partial charge in [0.15, 0.2) is 5.16 Å². The Morgan fingerprint density at radius 3 is 2.81 bits per heavy atom. The predicted octanol–water partition coefficient (Wildman–Crippen LogP) is 4.17. The van der Waals surface area contributed by atoms with E-state index < -0.39 is 0 Å². The zero-order valence-electron chi connectivity index (χ0n) is 17.1. The molecule has 0 aliphatic rings. The topological polar surface area (TPSA) is 73.2 Å². The summed E-state index contributed by atoms with van der Waals surface area (Å²) in [6.07, 6.45) is 0. The van der Waals surface area contributed by atoms with Crippen molar-refractivity contribution in [3.05, 3.63) is 80.8 Å². The molecule has 0 saturated carbocycles. The minimum Gasteiger partial charge on any atom is -0.495 e. The average Bonchev–Trinajstić information content (AvgIpc) is 3.30. The minimum absolute atomic E-state index is 0.122. The van der Waals surface area contributed by atoms with Gasteiger partial charge < -0.3 is 10.1 Å². The van der Waals surface area contributed by atoms with Crippen LogP contribution in [0.4, 0.5) is 0 Å². The van der Waals surface area contributed by atoms with Gasteiger partial charge in [0, 0.05) is 4.88 Å². The van der Waals surface area contributed by atoms with Crippen LogP contribution in [0.5, 0.6) is 5.75 Å². The number of aromatic nitrogens is 2. The van der Waals surface area contributed by atoms with Crippen molar-refractivity contribution in [2.24, 2.45) is 0 Å². The Bertz CT molecular complexity index is 1280. The third-order valence-electron chi connectivity index (χ3n) is 4.69. The van der Waals surface area contributed by atoms with Crippen molar-refractivity contribution in [2.75, 3.05) is 12.9 Å². The molecule has 158 valence electrons. The van der Waals surface area contributed by atoms with Crippen molar-refractivity contribution in [3.63, 3.8) is 0 Å². The van der Waals surface area contributed by atoms with Crippen molar-refractivity contribution in [1.82, 2.24) is 14.9 Å². The number of ether oxygens (including phenoxy) is 1. The molecule has 0 atom stereocenters. The number of hydrogen-bond donors (Lipinski definition) is 1. The van der Waals surface area contributed by atoms with Crippen LogP contribution in [0.1, 0.15) is 10.4 Å². The number of fused-ring (bicyclic) bond motifs is 1. The number of amides is 1. The maximum Gasteiger partial charge on any atom is 0.266 e. The number of thioether (sulfide) groups is 1. The number of nitrogens with zero attached hydrogens (tertiary/aromatic N) is 2.